The second-order valence-corrected chi connectivity index (χ2v) is 8.88. The fourth-order valence-corrected chi connectivity index (χ4v) is 5.30. The van der Waals surface area contributed by atoms with E-state index >= 15 is 0 Å². The van der Waals surface area contributed by atoms with E-state index in [0.29, 0.717) is 41.0 Å². The van der Waals surface area contributed by atoms with E-state index in [0.717, 1.165) is 36.1 Å². The van der Waals surface area contributed by atoms with Gasteiger partial charge in [-0.05, 0) is 70.6 Å². The number of halogens is 3. The first-order chi connectivity index (χ1) is 15.0. The zero-order valence-corrected chi connectivity index (χ0v) is 18.3. The number of aliphatic hydroxyl groups is 1. The van der Waals surface area contributed by atoms with Gasteiger partial charge in [-0.15, -0.1) is 0 Å². The quantitative estimate of drug-likeness (QED) is 0.526. The van der Waals surface area contributed by atoms with Crippen LogP contribution in [0.2, 0.25) is 0 Å². The molecule has 2 N–H and O–H groups in total. The molecule has 7 heteroatoms. The molecule has 160 valence electrons. The number of aromatic nitrogens is 1. The van der Waals surface area contributed by atoms with Gasteiger partial charge < -0.3 is 14.9 Å². The summed E-state index contributed by atoms with van der Waals surface area (Å²) in [5.41, 5.74) is 2.95. The van der Waals surface area contributed by atoms with Gasteiger partial charge in [-0.2, -0.15) is 0 Å². The number of allylic oxidation sites excluding steroid dienone is 1. The van der Waals surface area contributed by atoms with Crippen molar-refractivity contribution in [1.29, 1.82) is 0 Å². The summed E-state index contributed by atoms with van der Waals surface area (Å²) in [5, 5.41) is 19.2. The molecule has 1 aliphatic carbocycles. The second kappa shape index (κ2) is 7.97. The molecular weight excluding hydrogens is 466 g/mol. The van der Waals surface area contributed by atoms with Gasteiger partial charge in [0, 0.05) is 12.1 Å². The predicted molar refractivity (Wildman–Crippen MR) is 117 cm³/mol. The lowest BCUT2D eigenvalue weighted by Gasteiger charge is -2.39. The van der Waals surface area contributed by atoms with Crippen molar-refractivity contribution in [3.8, 4) is 11.3 Å². The van der Waals surface area contributed by atoms with E-state index in [-0.39, 0.29) is 0 Å². The standard InChI is InChI=1S/C24H21BrF2N2O2/c25-21-22(17-7-3-5-14-4-1-2-6-16(14)17)29-31-23(21)18-13-28-11-10-24(18,30)15-8-9-19(26)20(27)12-15/h1,3-5,7-9,12,18,28,30H,2,6,10-11,13H2. The lowest BCUT2D eigenvalue weighted by molar-refractivity contribution is -0.0236. The third kappa shape index (κ3) is 3.45. The summed E-state index contributed by atoms with van der Waals surface area (Å²) in [4.78, 5) is 0. The van der Waals surface area contributed by atoms with Gasteiger partial charge in [0.1, 0.15) is 11.3 Å². The number of fused-ring (bicyclic) bond motifs is 1. The molecule has 2 aromatic carbocycles. The van der Waals surface area contributed by atoms with E-state index in [4.69, 9.17) is 4.52 Å². The Morgan fingerprint density at radius 2 is 2.06 bits per heavy atom. The molecule has 2 unspecified atom stereocenters. The number of piperidine rings is 1. The van der Waals surface area contributed by atoms with Crippen molar-refractivity contribution in [3.63, 3.8) is 0 Å². The molecule has 2 atom stereocenters. The number of nitrogens with zero attached hydrogens (tertiary/aromatic N) is 1. The molecule has 0 spiro atoms. The molecule has 0 radical (unpaired) electrons. The Hall–Kier alpha value is -2.35. The van der Waals surface area contributed by atoms with Gasteiger partial charge in [-0.1, -0.05) is 41.6 Å². The highest BCUT2D eigenvalue weighted by Gasteiger charge is 2.45. The Morgan fingerprint density at radius 1 is 1.19 bits per heavy atom. The summed E-state index contributed by atoms with van der Waals surface area (Å²) in [7, 11) is 0. The Balaban J connectivity index is 1.58. The summed E-state index contributed by atoms with van der Waals surface area (Å²) in [6, 6.07) is 9.64. The Labute approximate surface area is 187 Å². The highest BCUT2D eigenvalue weighted by molar-refractivity contribution is 9.10. The van der Waals surface area contributed by atoms with E-state index in [1.807, 2.05) is 12.1 Å². The fourth-order valence-electron chi connectivity index (χ4n) is 4.66. The monoisotopic (exact) mass is 486 g/mol. The number of rotatable bonds is 3. The zero-order valence-electron chi connectivity index (χ0n) is 16.7. The number of hydrogen-bond acceptors (Lipinski definition) is 4. The normalized spacial score (nSPS) is 23.0. The average Bonchev–Trinajstić information content (AvgIpc) is 3.16. The van der Waals surface area contributed by atoms with Crippen LogP contribution in [-0.4, -0.2) is 23.4 Å². The molecule has 2 heterocycles. The van der Waals surface area contributed by atoms with Crippen LogP contribution in [-0.2, 0) is 12.0 Å². The molecule has 1 aliphatic heterocycles. The average molecular weight is 487 g/mol. The van der Waals surface area contributed by atoms with Gasteiger partial charge in [0.2, 0.25) is 0 Å². The topological polar surface area (TPSA) is 58.3 Å². The van der Waals surface area contributed by atoms with Crippen molar-refractivity contribution in [2.24, 2.45) is 0 Å². The van der Waals surface area contributed by atoms with Crippen molar-refractivity contribution in [1.82, 2.24) is 10.5 Å². The van der Waals surface area contributed by atoms with Gasteiger partial charge in [0.25, 0.3) is 0 Å². The maximum Gasteiger partial charge on any atom is 0.159 e. The van der Waals surface area contributed by atoms with Crippen molar-refractivity contribution in [2.75, 3.05) is 13.1 Å². The lowest BCUT2D eigenvalue weighted by Crippen LogP contribution is -2.46. The summed E-state index contributed by atoms with van der Waals surface area (Å²) in [5.74, 6) is -1.96. The maximum atomic E-state index is 13.9. The largest absolute Gasteiger partial charge is 0.384 e. The van der Waals surface area contributed by atoms with Crippen LogP contribution in [0.1, 0.15) is 41.2 Å². The van der Waals surface area contributed by atoms with Gasteiger partial charge in [-0.3, -0.25) is 0 Å². The predicted octanol–water partition coefficient (Wildman–Crippen LogP) is 5.31. The molecule has 3 aromatic rings. The van der Waals surface area contributed by atoms with Crippen LogP contribution in [0.5, 0.6) is 0 Å². The van der Waals surface area contributed by atoms with E-state index in [9.17, 15) is 13.9 Å². The molecule has 0 amide bonds. The minimum Gasteiger partial charge on any atom is -0.384 e. The van der Waals surface area contributed by atoms with Crippen LogP contribution in [0.3, 0.4) is 0 Å². The van der Waals surface area contributed by atoms with Crippen LogP contribution in [0.4, 0.5) is 8.78 Å². The molecule has 0 saturated carbocycles. The van der Waals surface area contributed by atoms with Crippen LogP contribution in [0.15, 0.2) is 51.5 Å². The first-order valence-corrected chi connectivity index (χ1v) is 11.1. The van der Waals surface area contributed by atoms with E-state index in [1.165, 1.54) is 11.6 Å². The molecule has 4 nitrogen and oxygen atoms in total. The van der Waals surface area contributed by atoms with Crippen LogP contribution < -0.4 is 5.32 Å². The van der Waals surface area contributed by atoms with Crippen LogP contribution in [0, 0.1) is 11.6 Å². The van der Waals surface area contributed by atoms with E-state index in [2.05, 4.69) is 44.6 Å². The molecule has 0 bridgehead atoms. The Kier molecular flexibility index (Phi) is 5.28. The van der Waals surface area contributed by atoms with Crippen molar-refractivity contribution in [2.45, 2.75) is 30.8 Å². The van der Waals surface area contributed by atoms with Gasteiger partial charge in [0.05, 0.1) is 10.4 Å². The third-order valence-corrected chi connectivity index (χ3v) is 7.10. The second-order valence-electron chi connectivity index (χ2n) is 8.08. The number of hydrogen-bond donors (Lipinski definition) is 2. The SMILES string of the molecule is OC1(c2ccc(F)c(F)c2)CCNCC1c1onc(-c2cccc3c2CCC=C3)c1Br. The Bertz CT molecular complexity index is 1180. The first kappa shape index (κ1) is 20.5. The summed E-state index contributed by atoms with van der Waals surface area (Å²) < 4.78 is 33.9. The highest BCUT2D eigenvalue weighted by Crippen LogP contribution is 2.46. The summed E-state index contributed by atoms with van der Waals surface area (Å²) in [6.07, 6.45) is 6.49. The molecular formula is C24H21BrF2N2O2. The Morgan fingerprint density at radius 3 is 2.90 bits per heavy atom. The highest BCUT2D eigenvalue weighted by atomic mass is 79.9. The summed E-state index contributed by atoms with van der Waals surface area (Å²) >= 11 is 3.65. The van der Waals surface area contributed by atoms with Crippen LogP contribution in [0.25, 0.3) is 17.3 Å². The first-order valence-electron chi connectivity index (χ1n) is 10.3. The van der Waals surface area contributed by atoms with Crippen molar-refractivity contribution in [3.05, 3.63) is 81.0 Å². The molecule has 1 fully saturated rings. The minimum atomic E-state index is -1.42. The third-order valence-electron chi connectivity index (χ3n) is 6.33. The summed E-state index contributed by atoms with van der Waals surface area (Å²) in [6.45, 7) is 0.960. The molecule has 5 rings (SSSR count). The van der Waals surface area contributed by atoms with Gasteiger partial charge in [0.15, 0.2) is 17.4 Å². The lowest BCUT2D eigenvalue weighted by atomic mass is 9.75. The molecule has 1 aromatic heterocycles. The fraction of sp³-hybridized carbons (Fsp3) is 0.292. The molecule has 1 saturated heterocycles. The van der Waals surface area contributed by atoms with E-state index in [1.54, 1.807) is 0 Å². The minimum absolute atomic E-state index is 0.324. The maximum absolute atomic E-state index is 13.9. The zero-order chi connectivity index (χ0) is 21.6. The number of nitrogens with one attached hydrogen (secondary N) is 1. The molecule has 2 aliphatic rings. The van der Waals surface area contributed by atoms with Gasteiger partial charge in [-0.25, -0.2) is 8.78 Å². The molecule has 31 heavy (non-hydrogen) atoms. The van der Waals surface area contributed by atoms with Crippen molar-refractivity contribution >= 4 is 22.0 Å². The van der Waals surface area contributed by atoms with E-state index < -0.39 is 23.2 Å². The van der Waals surface area contributed by atoms with Gasteiger partial charge >= 0.3 is 0 Å². The number of benzene rings is 2. The van der Waals surface area contributed by atoms with Crippen molar-refractivity contribution < 1.29 is 18.4 Å². The van der Waals surface area contributed by atoms with Crippen LogP contribution >= 0.6 is 15.9 Å². The smallest absolute Gasteiger partial charge is 0.159 e.